The Morgan fingerprint density at radius 2 is 1.64 bits per heavy atom. The summed E-state index contributed by atoms with van der Waals surface area (Å²) in [6.45, 7) is -0.159. The number of hydrogen-bond acceptors (Lipinski definition) is 13. The van der Waals surface area contributed by atoms with Gasteiger partial charge in [-0.25, -0.2) is 0 Å². The minimum absolute atomic E-state index is 0.0259. The lowest BCUT2D eigenvalue weighted by atomic mass is 9.59. The first-order valence-corrected chi connectivity index (χ1v) is 16.6. The summed E-state index contributed by atoms with van der Waals surface area (Å²) in [6.07, 6.45) is -3.42. The van der Waals surface area contributed by atoms with Gasteiger partial charge >= 0.3 is 0 Å². The Balaban J connectivity index is 1.34. The van der Waals surface area contributed by atoms with E-state index in [4.69, 9.17) is 5.73 Å². The third-order valence-corrected chi connectivity index (χ3v) is 11.1. The molecule has 11 N–H and O–H groups in total. The van der Waals surface area contributed by atoms with E-state index in [1.54, 1.807) is 25.1 Å². The highest BCUT2D eigenvalue weighted by molar-refractivity contribution is 6.22. The number of aromatic hydroxyl groups is 1. The molecule has 0 spiro atoms. The summed E-state index contributed by atoms with van der Waals surface area (Å²) in [5.41, 5.74) is 4.50. The summed E-state index contributed by atoms with van der Waals surface area (Å²) in [4.78, 5) is 40.4. The Bertz CT molecular complexity index is 1820. The first kappa shape index (κ1) is 35.4. The predicted octanol–water partition coefficient (Wildman–Crippen LogP) is 0.356. The van der Waals surface area contributed by atoms with Crippen LogP contribution in [0.2, 0.25) is 0 Å². The van der Waals surface area contributed by atoms with Crippen molar-refractivity contribution in [2.75, 3.05) is 30.9 Å². The van der Waals surface area contributed by atoms with E-state index in [9.17, 15) is 55.2 Å². The minimum Gasteiger partial charge on any atom is -0.508 e. The van der Waals surface area contributed by atoms with E-state index >= 15 is 0 Å². The van der Waals surface area contributed by atoms with E-state index in [0.29, 0.717) is 24.1 Å². The fourth-order valence-electron chi connectivity index (χ4n) is 8.42. The molecule has 0 aliphatic heterocycles. The highest BCUT2D eigenvalue weighted by atomic mass is 16.4. The van der Waals surface area contributed by atoms with Crippen LogP contribution in [0.25, 0.3) is 5.76 Å². The van der Waals surface area contributed by atoms with E-state index in [-0.39, 0.29) is 48.6 Å². The average Bonchev–Trinajstić information content (AvgIpc) is 3.06. The zero-order chi connectivity index (χ0) is 36.4. The molecule has 6 rings (SSSR count). The zero-order valence-corrected chi connectivity index (χ0v) is 27.7. The van der Waals surface area contributed by atoms with Crippen molar-refractivity contribution in [2.45, 2.75) is 62.6 Å². The van der Waals surface area contributed by atoms with Crippen LogP contribution < -0.4 is 16.0 Å². The van der Waals surface area contributed by atoms with E-state index in [0.717, 1.165) is 11.1 Å². The van der Waals surface area contributed by atoms with Crippen molar-refractivity contribution in [3.63, 3.8) is 0 Å². The maximum atomic E-state index is 14.0. The van der Waals surface area contributed by atoms with Gasteiger partial charge in [0.05, 0.1) is 23.5 Å². The molecule has 8 atom stereocenters. The van der Waals surface area contributed by atoms with Gasteiger partial charge in [0.1, 0.15) is 28.9 Å². The quantitative estimate of drug-likeness (QED) is 0.133. The van der Waals surface area contributed by atoms with Gasteiger partial charge in [-0.2, -0.15) is 0 Å². The number of carbonyl (C=O) groups is 3. The molecule has 0 radical (unpaired) electrons. The highest BCUT2D eigenvalue weighted by Crippen LogP contribution is 2.54. The molecule has 2 fully saturated rings. The molecule has 0 unspecified atom stereocenters. The molecule has 0 aromatic heterocycles. The van der Waals surface area contributed by atoms with E-state index in [2.05, 4.69) is 5.32 Å². The van der Waals surface area contributed by atoms with Crippen LogP contribution in [-0.2, 0) is 33.8 Å². The average molecular weight is 694 g/mol. The fraction of sp³-hybridized carbons (Fsp3) is 0.472. The number of aliphatic hydroxyl groups excluding tert-OH is 6. The lowest BCUT2D eigenvalue weighted by Crippen LogP contribution is -2.58. The van der Waals surface area contributed by atoms with Crippen molar-refractivity contribution in [3.8, 4) is 5.75 Å². The summed E-state index contributed by atoms with van der Waals surface area (Å²) in [5.74, 6) is -7.99. The van der Waals surface area contributed by atoms with Crippen LogP contribution in [0.3, 0.4) is 0 Å². The minimum atomic E-state index is -2.66. The first-order chi connectivity index (χ1) is 23.6. The Kier molecular flexibility index (Phi) is 9.20. The number of nitrogens with one attached hydrogen (secondary N) is 1. The molecule has 4 aliphatic carbocycles. The monoisotopic (exact) mass is 693 g/mol. The first-order valence-electron chi connectivity index (χ1n) is 16.6. The molecule has 1 amide bonds. The van der Waals surface area contributed by atoms with Crippen LogP contribution in [0.4, 0.5) is 11.4 Å². The second-order valence-electron chi connectivity index (χ2n) is 14.2. The smallest absolute Gasteiger partial charge is 0.255 e. The molecule has 14 nitrogen and oxygen atoms in total. The van der Waals surface area contributed by atoms with Crippen molar-refractivity contribution in [1.82, 2.24) is 0 Å². The number of amides is 1. The van der Waals surface area contributed by atoms with Crippen LogP contribution in [0, 0.1) is 23.7 Å². The largest absolute Gasteiger partial charge is 0.508 e. The van der Waals surface area contributed by atoms with Crippen molar-refractivity contribution in [3.05, 3.63) is 69.5 Å². The van der Waals surface area contributed by atoms with Crippen LogP contribution in [-0.4, -0.2) is 103 Å². The number of primary amides is 1. The molecule has 2 saturated carbocycles. The number of anilines is 2. The van der Waals surface area contributed by atoms with Crippen LogP contribution in [0.15, 0.2) is 47.2 Å². The lowest BCUT2D eigenvalue weighted by Gasteiger charge is -2.46. The predicted molar refractivity (Wildman–Crippen MR) is 180 cm³/mol. The van der Waals surface area contributed by atoms with E-state index < -0.39 is 88.6 Å². The standard InChI is InChI=1S/C36H43N3O11/c1-39(2)23-12-22(38-13-16-6-4-3-5-15(16)7-18-8-19(14-40)29(43)32(46)28(18)42)30(44)26-21(23)10-17-9-20-11-24(41)27(35(37)49)34(48)36(20,50)33(47)25(17)31(26)45/h3-6,12,17-20,28-29,32,38,40,42-46,48,50H,7-11,13-14H2,1-2H3,(H2,37,49)/t17-,18+,19+,20+,28+,29-,32+,36+/m1/s1. The van der Waals surface area contributed by atoms with Gasteiger partial charge < -0.3 is 56.8 Å². The topological polar surface area (TPSA) is 254 Å². The van der Waals surface area contributed by atoms with Crippen molar-refractivity contribution < 1.29 is 55.2 Å². The number of nitrogens with zero attached hydrogens (tertiary/aromatic N) is 1. The number of rotatable bonds is 8. The molecule has 0 saturated heterocycles. The Labute approximate surface area is 287 Å². The van der Waals surface area contributed by atoms with Crippen LogP contribution >= 0.6 is 0 Å². The summed E-state index contributed by atoms with van der Waals surface area (Å²) in [5, 5.41) is 90.0. The number of phenols is 1. The number of ketones is 2. The number of Topliss-reactive ketones (excluding diaryl/α,β-unsaturated/α-hetero) is 2. The number of benzene rings is 2. The van der Waals surface area contributed by atoms with Gasteiger partial charge in [0, 0.05) is 56.8 Å². The maximum Gasteiger partial charge on any atom is 0.255 e. The van der Waals surface area contributed by atoms with Gasteiger partial charge in [-0.05, 0) is 60.3 Å². The Morgan fingerprint density at radius 3 is 2.28 bits per heavy atom. The molecular formula is C36H43N3O11. The van der Waals surface area contributed by atoms with E-state index in [1.165, 1.54) is 0 Å². The molecular weight excluding hydrogens is 650 g/mol. The summed E-state index contributed by atoms with van der Waals surface area (Å²) < 4.78 is 0. The van der Waals surface area contributed by atoms with Crippen molar-refractivity contribution >= 4 is 34.6 Å². The van der Waals surface area contributed by atoms with Crippen LogP contribution in [0.5, 0.6) is 5.75 Å². The van der Waals surface area contributed by atoms with Gasteiger partial charge in [-0.3, -0.25) is 14.4 Å². The van der Waals surface area contributed by atoms with Gasteiger partial charge in [-0.1, -0.05) is 24.3 Å². The molecule has 2 aromatic carbocycles. The summed E-state index contributed by atoms with van der Waals surface area (Å²) >= 11 is 0. The number of carbonyl (C=O) groups excluding carboxylic acids is 3. The Morgan fingerprint density at radius 1 is 0.980 bits per heavy atom. The van der Waals surface area contributed by atoms with Gasteiger partial charge in [-0.15, -0.1) is 0 Å². The Hall–Kier alpha value is -4.47. The SMILES string of the molecule is CN(C)c1cc(NCc2ccccc2C[C@H]2C[C@@H](CO)[C@@H](O)[C@@H](O)[C@H]2O)c(O)c2c1C[C@H]1C[C@H]3CC(=O)C(C(N)=O)=C(O)[C@@]3(O)C(=O)C1=C2O. The molecule has 268 valence electrons. The number of fused-ring (bicyclic) bond motifs is 3. The van der Waals surface area contributed by atoms with Gasteiger partial charge in [0.2, 0.25) is 5.78 Å². The number of phenolic OH excluding ortho intramolecular Hbond substituents is 1. The summed E-state index contributed by atoms with van der Waals surface area (Å²) in [7, 11) is 3.56. The number of hydrogen-bond donors (Lipinski definition) is 10. The van der Waals surface area contributed by atoms with Gasteiger partial charge in [0.25, 0.3) is 5.91 Å². The second-order valence-corrected chi connectivity index (χ2v) is 14.2. The number of aliphatic hydroxyl groups is 7. The van der Waals surface area contributed by atoms with Crippen LogP contribution in [0.1, 0.15) is 41.5 Å². The third kappa shape index (κ3) is 5.51. The maximum absolute atomic E-state index is 14.0. The normalized spacial score (nSPS) is 30.8. The lowest BCUT2D eigenvalue weighted by molar-refractivity contribution is -0.147. The molecule has 4 aliphatic rings. The summed E-state index contributed by atoms with van der Waals surface area (Å²) in [6, 6.07) is 9.07. The zero-order valence-electron chi connectivity index (χ0n) is 27.7. The highest BCUT2D eigenvalue weighted by Gasteiger charge is 2.60. The molecule has 14 heteroatoms. The van der Waals surface area contributed by atoms with E-state index in [1.807, 2.05) is 24.3 Å². The van der Waals surface area contributed by atoms with Crippen molar-refractivity contribution in [1.29, 1.82) is 0 Å². The van der Waals surface area contributed by atoms with Gasteiger partial charge in [0.15, 0.2) is 11.4 Å². The molecule has 0 heterocycles. The number of nitrogens with two attached hydrogens (primary N) is 1. The molecule has 50 heavy (non-hydrogen) atoms. The molecule has 0 bridgehead atoms. The fourth-order valence-corrected chi connectivity index (χ4v) is 8.42. The third-order valence-electron chi connectivity index (χ3n) is 11.1. The van der Waals surface area contributed by atoms with Crippen molar-refractivity contribution in [2.24, 2.45) is 29.4 Å². The second kappa shape index (κ2) is 13.0. The molecule has 2 aromatic rings.